The molecule has 0 aliphatic carbocycles. The van der Waals surface area contributed by atoms with E-state index < -0.39 is 0 Å². The highest BCUT2D eigenvalue weighted by Gasteiger charge is 2.31. The van der Waals surface area contributed by atoms with Crippen molar-refractivity contribution in [2.75, 3.05) is 32.8 Å². The van der Waals surface area contributed by atoms with E-state index in [1.807, 2.05) is 4.90 Å². The zero-order chi connectivity index (χ0) is 14.4. The molecular weight excluding hydrogens is 254 g/mol. The Labute approximate surface area is 122 Å². The van der Waals surface area contributed by atoms with Gasteiger partial charge in [-0.15, -0.1) is 0 Å². The van der Waals surface area contributed by atoms with Gasteiger partial charge in [0.1, 0.15) is 0 Å². The van der Waals surface area contributed by atoms with Crippen LogP contribution in [-0.4, -0.2) is 55.9 Å². The lowest BCUT2D eigenvalue weighted by Crippen LogP contribution is -2.54. The third kappa shape index (κ3) is 4.09. The summed E-state index contributed by atoms with van der Waals surface area (Å²) in [5.41, 5.74) is 0. The van der Waals surface area contributed by atoms with Crippen LogP contribution in [0.25, 0.3) is 0 Å². The van der Waals surface area contributed by atoms with Gasteiger partial charge < -0.3 is 20.3 Å². The molecule has 2 fully saturated rings. The van der Waals surface area contributed by atoms with Gasteiger partial charge in [0.25, 0.3) is 0 Å². The second-order valence-electron chi connectivity index (χ2n) is 5.97. The Morgan fingerprint density at radius 1 is 1.35 bits per heavy atom. The number of hydrogen-bond donors (Lipinski definition) is 2. The van der Waals surface area contributed by atoms with Gasteiger partial charge in [-0.2, -0.15) is 0 Å². The lowest BCUT2D eigenvalue weighted by atomic mass is 9.90. The molecule has 5 heteroatoms. The quantitative estimate of drug-likeness (QED) is 0.805. The van der Waals surface area contributed by atoms with Gasteiger partial charge in [-0.3, -0.25) is 0 Å². The minimum absolute atomic E-state index is 0.0906. The van der Waals surface area contributed by atoms with Gasteiger partial charge in [-0.25, -0.2) is 4.79 Å². The van der Waals surface area contributed by atoms with E-state index in [0.717, 1.165) is 45.5 Å². The SMILES string of the molecule is CCCNC1CCN(C(=O)NC2CCOC2)CC1CC. The van der Waals surface area contributed by atoms with Crippen LogP contribution in [0.2, 0.25) is 0 Å². The summed E-state index contributed by atoms with van der Waals surface area (Å²) < 4.78 is 5.31. The van der Waals surface area contributed by atoms with Gasteiger partial charge in [0.15, 0.2) is 0 Å². The Morgan fingerprint density at radius 2 is 2.20 bits per heavy atom. The summed E-state index contributed by atoms with van der Waals surface area (Å²) in [5.74, 6) is 0.570. The fraction of sp³-hybridized carbons (Fsp3) is 0.933. The zero-order valence-corrected chi connectivity index (χ0v) is 12.9. The van der Waals surface area contributed by atoms with Crippen molar-refractivity contribution >= 4 is 6.03 Å². The molecule has 2 saturated heterocycles. The molecule has 2 N–H and O–H groups in total. The molecule has 0 saturated carbocycles. The fourth-order valence-corrected chi connectivity index (χ4v) is 3.14. The van der Waals surface area contributed by atoms with Crippen LogP contribution in [0, 0.1) is 5.92 Å². The zero-order valence-electron chi connectivity index (χ0n) is 12.9. The molecule has 2 aliphatic heterocycles. The molecule has 2 amide bonds. The maximum Gasteiger partial charge on any atom is 0.317 e. The van der Waals surface area contributed by atoms with E-state index in [1.54, 1.807) is 0 Å². The number of carbonyl (C=O) groups is 1. The second kappa shape index (κ2) is 7.84. The number of likely N-dealkylation sites (tertiary alicyclic amines) is 1. The van der Waals surface area contributed by atoms with Crippen molar-refractivity contribution in [3.63, 3.8) is 0 Å². The van der Waals surface area contributed by atoms with E-state index >= 15 is 0 Å². The van der Waals surface area contributed by atoms with Crippen LogP contribution < -0.4 is 10.6 Å². The van der Waals surface area contributed by atoms with Crippen molar-refractivity contribution in [2.24, 2.45) is 5.92 Å². The third-order valence-electron chi connectivity index (χ3n) is 4.46. The summed E-state index contributed by atoms with van der Waals surface area (Å²) in [6, 6.07) is 0.866. The first-order chi connectivity index (χ1) is 9.74. The van der Waals surface area contributed by atoms with Crippen LogP contribution in [-0.2, 0) is 4.74 Å². The number of carbonyl (C=O) groups excluding carboxylic acids is 1. The number of ether oxygens (including phenoxy) is 1. The molecule has 0 aromatic rings. The van der Waals surface area contributed by atoms with Crippen molar-refractivity contribution in [1.29, 1.82) is 0 Å². The topological polar surface area (TPSA) is 53.6 Å². The number of piperidine rings is 1. The molecule has 0 aromatic carbocycles. The smallest absolute Gasteiger partial charge is 0.317 e. The molecule has 3 atom stereocenters. The highest BCUT2D eigenvalue weighted by Crippen LogP contribution is 2.20. The van der Waals surface area contributed by atoms with Gasteiger partial charge in [0.2, 0.25) is 0 Å². The first-order valence-corrected chi connectivity index (χ1v) is 8.11. The standard InChI is InChI=1S/C15H29N3O2/c1-3-7-16-14-5-8-18(10-12(14)4-2)15(19)17-13-6-9-20-11-13/h12-14,16H,3-11H2,1-2H3,(H,17,19). The van der Waals surface area contributed by atoms with Gasteiger partial charge in [-0.1, -0.05) is 20.3 Å². The van der Waals surface area contributed by atoms with Crippen LogP contribution in [0.4, 0.5) is 4.79 Å². The monoisotopic (exact) mass is 283 g/mol. The van der Waals surface area contributed by atoms with Crippen LogP contribution in [0.5, 0.6) is 0 Å². The van der Waals surface area contributed by atoms with Gasteiger partial charge >= 0.3 is 6.03 Å². The second-order valence-corrected chi connectivity index (χ2v) is 5.97. The predicted octanol–water partition coefficient (Wildman–Crippen LogP) is 1.58. The molecule has 116 valence electrons. The van der Waals surface area contributed by atoms with Crippen molar-refractivity contribution < 1.29 is 9.53 Å². The maximum atomic E-state index is 12.3. The Balaban J connectivity index is 1.80. The summed E-state index contributed by atoms with van der Waals surface area (Å²) in [6.07, 6.45) is 4.29. The summed E-state index contributed by atoms with van der Waals surface area (Å²) in [6.45, 7) is 8.65. The molecular formula is C15H29N3O2. The number of urea groups is 1. The third-order valence-corrected chi connectivity index (χ3v) is 4.46. The van der Waals surface area contributed by atoms with Gasteiger partial charge in [0.05, 0.1) is 12.6 Å². The van der Waals surface area contributed by atoms with Crippen LogP contribution in [0.1, 0.15) is 39.5 Å². The normalized spacial score (nSPS) is 30.5. The molecule has 0 bridgehead atoms. The Hall–Kier alpha value is -0.810. The van der Waals surface area contributed by atoms with Crippen molar-refractivity contribution in [2.45, 2.75) is 51.6 Å². The average molecular weight is 283 g/mol. The lowest BCUT2D eigenvalue weighted by Gasteiger charge is -2.39. The Bertz CT molecular complexity index is 305. The summed E-state index contributed by atoms with van der Waals surface area (Å²) in [7, 11) is 0. The number of rotatable bonds is 5. The fourth-order valence-electron chi connectivity index (χ4n) is 3.14. The largest absolute Gasteiger partial charge is 0.379 e. The maximum absolute atomic E-state index is 12.3. The summed E-state index contributed by atoms with van der Waals surface area (Å²) >= 11 is 0. The van der Waals surface area contributed by atoms with E-state index in [4.69, 9.17) is 4.74 Å². The molecule has 2 aliphatic rings. The number of nitrogens with zero attached hydrogens (tertiary/aromatic N) is 1. The first-order valence-electron chi connectivity index (χ1n) is 8.11. The Morgan fingerprint density at radius 3 is 2.85 bits per heavy atom. The first kappa shape index (κ1) is 15.6. The highest BCUT2D eigenvalue weighted by atomic mass is 16.5. The van der Waals surface area contributed by atoms with E-state index in [2.05, 4.69) is 24.5 Å². The van der Waals surface area contributed by atoms with Crippen molar-refractivity contribution in [1.82, 2.24) is 15.5 Å². The molecule has 0 spiro atoms. The van der Waals surface area contributed by atoms with Crippen molar-refractivity contribution in [3.8, 4) is 0 Å². The van der Waals surface area contributed by atoms with Gasteiger partial charge in [0, 0.05) is 25.7 Å². The minimum atomic E-state index is 0.0906. The average Bonchev–Trinajstić information content (AvgIpc) is 2.97. The number of amides is 2. The van der Waals surface area contributed by atoms with Crippen molar-refractivity contribution in [3.05, 3.63) is 0 Å². The van der Waals surface area contributed by atoms with E-state index in [-0.39, 0.29) is 12.1 Å². The molecule has 5 nitrogen and oxygen atoms in total. The number of hydrogen-bond acceptors (Lipinski definition) is 3. The summed E-state index contributed by atoms with van der Waals surface area (Å²) in [5, 5.41) is 6.72. The minimum Gasteiger partial charge on any atom is -0.379 e. The van der Waals surface area contributed by atoms with Crippen LogP contribution >= 0.6 is 0 Å². The Kier molecular flexibility index (Phi) is 6.10. The van der Waals surface area contributed by atoms with Crippen LogP contribution in [0.3, 0.4) is 0 Å². The predicted molar refractivity (Wildman–Crippen MR) is 79.8 cm³/mol. The highest BCUT2D eigenvalue weighted by molar-refractivity contribution is 5.74. The molecule has 2 heterocycles. The van der Waals surface area contributed by atoms with E-state index in [1.165, 1.54) is 6.42 Å². The molecule has 3 unspecified atom stereocenters. The molecule has 0 radical (unpaired) electrons. The van der Waals surface area contributed by atoms with Gasteiger partial charge in [-0.05, 0) is 31.7 Å². The molecule has 0 aromatic heterocycles. The van der Waals surface area contributed by atoms with E-state index in [0.29, 0.717) is 18.6 Å². The number of nitrogens with one attached hydrogen (secondary N) is 2. The molecule has 2 rings (SSSR count). The van der Waals surface area contributed by atoms with E-state index in [9.17, 15) is 4.79 Å². The lowest BCUT2D eigenvalue weighted by molar-refractivity contribution is 0.137. The molecule has 20 heavy (non-hydrogen) atoms. The van der Waals surface area contributed by atoms with Crippen LogP contribution in [0.15, 0.2) is 0 Å². The summed E-state index contributed by atoms with van der Waals surface area (Å²) in [4.78, 5) is 14.3.